The quantitative estimate of drug-likeness (QED) is 0.317. The van der Waals surface area contributed by atoms with Crippen LogP contribution in [0.1, 0.15) is 57.1 Å². The summed E-state index contributed by atoms with van der Waals surface area (Å²) in [7, 11) is 1.50. The summed E-state index contributed by atoms with van der Waals surface area (Å²) in [5, 5.41) is 2.89. The van der Waals surface area contributed by atoms with Crippen LogP contribution in [0.25, 0.3) is 0 Å². The number of aromatic nitrogens is 1. The summed E-state index contributed by atoms with van der Waals surface area (Å²) >= 11 is 0. The van der Waals surface area contributed by atoms with E-state index in [0.29, 0.717) is 40.7 Å². The Morgan fingerprint density at radius 1 is 1.05 bits per heavy atom. The van der Waals surface area contributed by atoms with Crippen LogP contribution >= 0.6 is 0 Å². The molecule has 208 valence electrons. The van der Waals surface area contributed by atoms with Crippen LogP contribution in [0.3, 0.4) is 0 Å². The Morgan fingerprint density at radius 2 is 1.77 bits per heavy atom. The Kier molecular flexibility index (Phi) is 9.67. The zero-order valence-electron chi connectivity index (χ0n) is 23.7. The molecule has 2 amide bonds. The average molecular weight is 536 g/mol. The van der Waals surface area contributed by atoms with E-state index in [4.69, 9.17) is 9.47 Å². The van der Waals surface area contributed by atoms with Crippen molar-refractivity contribution in [2.45, 2.75) is 60.2 Å². The summed E-state index contributed by atoms with van der Waals surface area (Å²) in [6.07, 6.45) is -1.85. The first-order chi connectivity index (χ1) is 18.4. The molecule has 1 heterocycles. The number of hydrogen-bond donors (Lipinski definition) is 1. The molecule has 0 radical (unpaired) electrons. The predicted molar refractivity (Wildman–Crippen MR) is 152 cm³/mol. The first-order valence-corrected chi connectivity index (χ1v) is 13.0. The van der Waals surface area contributed by atoms with Crippen LogP contribution in [-0.4, -0.2) is 36.7 Å². The number of aryl methyl sites for hydroxylation is 2. The van der Waals surface area contributed by atoms with E-state index in [9.17, 15) is 9.59 Å². The number of rotatable bonds is 10. The third-order valence-electron chi connectivity index (χ3n) is 6.04. The molecular weight excluding hydrogens is 497 g/mol. The Labute approximate surface area is 230 Å². The molecule has 0 fully saturated rings. The minimum Gasteiger partial charge on any atom is -0.495 e. The number of nitrogens with zero attached hydrogens (tertiary/aromatic N) is 2. The molecule has 8 heteroatoms. The maximum Gasteiger partial charge on any atom is 0.262 e. The zero-order chi connectivity index (χ0) is 28.7. The van der Waals surface area contributed by atoms with Gasteiger partial charge in [0.25, 0.3) is 11.8 Å². The number of pyridine rings is 1. The minimum atomic E-state index is -1.81. The van der Waals surface area contributed by atoms with Gasteiger partial charge in [-0.05, 0) is 67.6 Å². The highest BCUT2D eigenvalue weighted by Crippen LogP contribution is 2.35. The van der Waals surface area contributed by atoms with Gasteiger partial charge in [-0.1, -0.05) is 52.0 Å². The van der Waals surface area contributed by atoms with E-state index in [2.05, 4.69) is 31.1 Å². The lowest BCUT2D eigenvalue weighted by atomic mass is 9.98. The Morgan fingerprint density at radius 3 is 2.41 bits per heavy atom. The highest BCUT2D eigenvalue weighted by Gasteiger charge is 2.37. The van der Waals surface area contributed by atoms with E-state index in [1.54, 1.807) is 74.5 Å². The van der Waals surface area contributed by atoms with Crippen molar-refractivity contribution in [2.75, 3.05) is 23.9 Å². The van der Waals surface area contributed by atoms with Gasteiger partial charge in [-0.3, -0.25) is 19.5 Å². The summed E-state index contributed by atoms with van der Waals surface area (Å²) < 4.78 is 26.5. The van der Waals surface area contributed by atoms with Crippen molar-refractivity contribution < 1.29 is 23.5 Å². The molecule has 3 rings (SSSR count). The maximum absolute atomic E-state index is 15.1. The summed E-state index contributed by atoms with van der Waals surface area (Å²) in [6.45, 7) is 11.8. The standard InChI is InChI=1S/C31H38FN3O4/c1-8-24(32)30(37)35(26-17-16-20(2)33-21(26)3)28(29(36)34-25-14-9-10-15-27(25)38-7)22-12-11-13-23(18-22)39-19-31(4,5)6/h9-18,24,28H,8,19H2,1-7H3,(H,34,36). The molecule has 3 aromatic rings. The van der Waals surface area contributed by atoms with Crippen LogP contribution in [0.2, 0.25) is 0 Å². The molecule has 0 aliphatic carbocycles. The number of alkyl halides is 1. The molecule has 2 atom stereocenters. The van der Waals surface area contributed by atoms with Gasteiger partial charge in [0.05, 0.1) is 30.8 Å². The molecule has 7 nitrogen and oxygen atoms in total. The second-order valence-corrected chi connectivity index (χ2v) is 10.7. The lowest BCUT2D eigenvalue weighted by molar-refractivity contribution is -0.127. The molecule has 2 unspecified atom stereocenters. The van der Waals surface area contributed by atoms with Crippen molar-refractivity contribution >= 4 is 23.2 Å². The number of ether oxygens (including phenoxy) is 2. The number of benzene rings is 2. The fourth-order valence-corrected chi connectivity index (χ4v) is 4.09. The van der Waals surface area contributed by atoms with Crippen LogP contribution in [0.4, 0.5) is 15.8 Å². The monoisotopic (exact) mass is 535 g/mol. The van der Waals surface area contributed by atoms with Gasteiger partial charge in [0.15, 0.2) is 6.17 Å². The summed E-state index contributed by atoms with van der Waals surface area (Å²) in [5.74, 6) is -0.373. The summed E-state index contributed by atoms with van der Waals surface area (Å²) in [6, 6.07) is 16.2. The topological polar surface area (TPSA) is 80.8 Å². The van der Waals surface area contributed by atoms with Crippen LogP contribution in [0, 0.1) is 19.3 Å². The Bertz CT molecular complexity index is 1300. The molecule has 0 saturated heterocycles. The van der Waals surface area contributed by atoms with Gasteiger partial charge in [0.2, 0.25) is 0 Å². The third kappa shape index (κ3) is 7.56. The number of para-hydroxylation sites is 2. The van der Waals surface area contributed by atoms with Gasteiger partial charge < -0.3 is 14.8 Å². The van der Waals surface area contributed by atoms with E-state index < -0.39 is 24.0 Å². The molecule has 1 aromatic heterocycles. The van der Waals surface area contributed by atoms with Crippen molar-refractivity contribution in [1.29, 1.82) is 0 Å². The van der Waals surface area contributed by atoms with Crippen molar-refractivity contribution in [3.63, 3.8) is 0 Å². The second-order valence-electron chi connectivity index (χ2n) is 10.7. The number of amides is 2. The average Bonchev–Trinajstić information content (AvgIpc) is 2.90. The smallest absolute Gasteiger partial charge is 0.262 e. The molecule has 0 bridgehead atoms. The van der Waals surface area contributed by atoms with E-state index in [1.807, 2.05) is 6.92 Å². The zero-order valence-corrected chi connectivity index (χ0v) is 23.7. The molecule has 2 aromatic carbocycles. The van der Waals surface area contributed by atoms with Gasteiger partial charge in [0.1, 0.15) is 17.5 Å². The first kappa shape index (κ1) is 29.6. The fraction of sp³-hybridized carbons (Fsp3) is 0.387. The predicted octanol–water partition coefficient (Wildman–Crippen LogP) is 6.59. The second kappa shape index (κ2) is 12.7. The Hall–Kier alpha value is -3.94. The van der Waals surface area contributed by atoms with Crippen molar-refractivity contribution in [2.24, 2.45) is 5.41 Å². The molecule has 0 aliphatic rings. The van der Waals surface area contributed by atoms with Crippen molar-refractivity contribution in [3.05, 3.63) is 77.6 Å². The lowest BCUT2D eigenvalue weighted by Gasteiger charge is -2.33. The number of carbonyl (C=O) groups excluding carboxylic acids is 2. The van der Waals surface area contributed by atoms with Gasteiger partial charge >= 0.3 is 0 Å². The number of halogens is 1. The largest absolute Gasteiger partial charge is 0.495 e. The highest BCUT2D eigenvalue weighted by atomic mass is 19.1. The molecular formula is C31H38FN3O4. The van der Waals surface area contributed by atoms with Gasteiger partial charge in [-0.15, -0.1) is 0 Å². The van der Waals surface area contributed by atoms with Gasteiger partial charge in [0, 0.05) is 5.69 Å². The maximum atomic E-state index is 15.1. The summed E-state index contributed by atoms with van der Waals surface area (Å²) in [4.78, 5) is 33.4. The first-order valence-electron chi connectivity index (χ1n) is 13.0. The van der Waals surface area contributed by atoms with Crippen molar-refractivity contribution in [3.8, 4) is 11.5 Å². The number of carbonyl (C=O) groups is 2. The molecule has 1 N–H and O–H groups in total. The van der Waals surface area contributed by atoms with E-state index in [1.165, 1.54) is 12.0 Å². The normalized spacial score (nSPS) is 12.8. The third-order valence-corrected chi connectivity index (χ3v) is 6.04. The number of hydrogen-bond acceptors (Lipinski definition) is 5. The van der Waals surface area contributed by atoms with Crippen LogP contribution in [-0.2, 0) is 9.59 Å². The minimum absolute atomic E-state index is 0.0384. The Balaban J connectivity index is 2.19. The SMILES string of the molecule is CCC(F)C(=O)N(c1ccc(C)nc1C)C(C(=O)Nc1ccccc1OC)c1cccc(OCC(C)(C)C)c1. The van der Waals surface area contributed by atoms with Gasteiger partial charge in [-0.25, -0.2) is 4.39 Å². The van der Waals surface area contributed by atoms with Crippen LogP contribution in [0.15, 0.2) is 60.7 Å². The summed E-state index contributed by atoms with van der Waals surface area (Å²) in [5.41, 5.74) is 2.39. The van der Waals surface area contributed by atoms with Crippen LogP contribution < -0.4 is 19.7 Å². The van der Waals surface area contributed by atoms with Crippen molar-refractivity contribution in [1.82, 2.24) is 4.98 Å². The lowest BCUT2D eigenvalue weighted by Crippen LogP contribution is -2.45. The van der Waals surface area contributed by atoms with E-state index >= 15 is 4.39 Å². The molecule has 0 spiro atoms. The number of methoxy groups -OCH3 is 1. The molecule has 39 heavy (non-hydrogen) atoms. The van der Waals surface area contributed by atoms with Crippen LogP contribution in [0.5, 0.6) is 11.5 Å². The number of nitrogens with one attached hydrogen (secondary N) is 1. The van der Waals surface area contributed by atoms with E-state index in [0.717, 1.165) is 5.69 Å². The fourth-order valence-electron chi connectivity index (χ4n) is 4.09. The molecule has 0 aliphatic heterocycles. The van der Waals surface area contributed by atoms with E-state index in [-0.39, 0.29) is 11.8 Å². The number of anilines is 2. The highest BCUT2D eigenvalue weighted by molar-refractivity contribution is 6.07. The molecule has 0 saturated carbocycles. The van der Waals surface area contributed by atoms with Gasteiger partial charge in [-0.2, -0.15) is 0 Å².